The number of likely N-dealkylation sites (tertiary alicyclic amines) is 1. The van der Waals surface area contributed by atoms with Crippen LogP contribution in [0.4, 0.5) is 5.69 Å². The molecule has 1 saturated heterocycles. The van der Waals surface area contributed by atoms with Gasteiger partial charge < -0.3 is 14.9 Å². The fraction of sp³-hybridized carbons (Fsp3) is 0.400. The van der Waals surface area contributed by atoms with E-state index in [4.69, 9.17) is 0 Å². The minimum Gasteiger partial charge on any atom is -0.394 e. The molecule has 1 N–H and O–H groups in total. The molecule has 1 amide bonds. The van der Waals surface area contributed by atoms with Crippen molar-refractivity contribution in [2.45, 2.75) is 24.9 Å². The molecule has 26 heavy (non-hydrogen) atoms. The predicted octanol–water partition coefficient (Wildman–Crippen LogP) is 2.79. The summed E-state index contributed by atoms with van der Waals surface area (Å²) in [5.74, 6) is 0.363. The van der Waals surface area contributed by atoms with E-state index in [2.05, 4.69) is 37.9 Å². The van der Waals surface area contributed by atoms with Crippen molar-refractivity contribution in [1.82, 2.24) is 9.88 Å². The second-order valence-corrected chi connectivity index (χ2v) is 8.00. The van der Waals surface area contributed by atoms with Crippen molar-refractivity contribution in [2.24, 2.45) is 5.92 Å². The Morgan fingerprint density at radius 2 is 2.23 bits per heavy atom. The van der Waals surface area contributed by atoms with Gasteiger partial charge in [-0.25, -0.2) is 0 Å². The van der Waals surface area contributed by atoms with Crippen LogP contribution in [0, 0.1) is 5.92 Å². The molecule has 0 saturated carbocycles. The highest BCUT2D eigenvalue weighted by molar-refractivity contribution is 9.10. The number of aliphatic hydroxyl groups is 1. The van der Waals surface area contributed by atoms with Crippen molar-refractivity contribution in [1.29, 1.82) is 0 Å². The zero-order valence-electron chi connectivity index (χ0n) is 14.7. The number of anilines is 1. The Morgan fingerprint density at radius 1 is 1.38 bits per heavy atom. The van der Waals surface area contributed by atoms with Crippen molar-refractivity contribution in [3.05, 3.63) is 58.3 Å². The molecule has 0 bridgehead atoms. The summed E-state index contributed by atoms with van der Waals surface area (Å²) in [7, 11) is 2.03. The monoisotopic (exact) mass is 415 g/mol. The molecule has 1 aromatic carbocycles. The first kappa shape index (κ1) is 17.5. The van der Waals surface area contributed by atoms with E-state index in [1.807, 2.05) is 30.1 Å². The molecule has 0 radical (unpaired) electrons. The maximum absolute atomic E-state index is 13.1. The summed E-state index contributed by atoms with van der Waals surface area (Å²) in [5, 5.41) is 9.99. The molecular formula is C20H22BrN3O2. The fourth-order valence-corrected chi connectivity index (χ4v) is 4.86. The highest BCUT2D eigenvalue weighted by Crippen LogP contribution is 2.49. The maximum atomic E-state index is 13.1. The molecule has 3 atom stereocenters. The summed E-state index contributed by atoms with van der Waals surface area (Å²) < 4.78 is 1.01. The standard InChI is InChI=1S/C20H22BrN3O2/c1-23-17-5-4-14(21)10-16(17)20-15(18(23)12-25)6-8-24(20)19(26)9-13-3-2-7-22-11-13/h2-5,7,10-11,15,18,20,25H,6,8-9,12H2,1H3/t15-,18-,20-/m0/s1. The summed E-state index contributed by atoms with van der Waals surface area (Å²) in [6.07, 6.45) is 4.74. The lowest BCUT2D eigenvalue weighted by Gasteiger charge is -2.44. The topological polar surface area (TPSA) is 56.7 Å². The zero-order chi connectivity index (χ0) is 18.3. The van der Waals surface area contributed by atoms with E-state index in [0.717, 1.165) is 34.3 Å². The molecule has 4 rings (SSSR count). The number of benzene rings is 1. The van der Waals surface area contributed by atoms with E-state index in [0.29, 0.717) is 6.42 Å². The Morgan fingerprint density at radius 3 is 2.96 bits per heavy atom. The molecule has 0 spiro atoms. The van der Waals surface area contributed by atoms with E-state index in [1.54, 1.807) is 12.4 Å². The van der Waals surface area contributed by atoms with Crippen LogP contribution < -0.4 is 4.90 Å². The van der Waals surface area contributed by atoms with Crippen LogP contribution in [0.15, 0.2) is 47.2 Å². The Labute approximate surface area is 161 Å². The first-order chi connectivity index (χ1) is 12.6. The van der Waals surface area contributed by atoms with Crippen molar-refractivity contribution in [3.63, 3.8) is 0 Å². The minimum absolute atomic E-state index is 0.0139. The van der Waals surface area contributed by atoms with Gasteiger partial charge in [0, 0.05) is 42.1 Å². The molecule has 1 aromatic heterocycles. The molecule has 1 fully saturated rings. The molecule has 3 heterocycles. The van der Waals surface area contributed by atoms with Gasteiger partial charge >= 0.3 is 0 Å². The second-order valence-electron chi connectivity index (χ2n) is 7.09. The number of halogens is 1. The Bertz CT molecular complexity index is 814. The fourth-order valence-electron chi connectivity index (χ4n) is 4.48. The second kappa shape index (κ2) is 7.00. The molecule has 2 aliphatic rings. The number of amides is 1. The summed E-state index contributed by atoms with van der Waals surface area (Å²) in [5.41, 5.74) is 3.19. The summed E-state index contributed by atoms with van der Waals surface area (Å²) in [4.78, 5) is 21.3. The number of fused-ring (bicyclic) bond motifs is 3. The Hall–Kier alpha value is -1.92. The molecular weight excluding hydrogens is 394 g/mol. The van der Waals surface area contributed by atoms with Crippen LogP contribution in [0.1, 0.15) is 23.6 Å². The highest BCUT2D eigenvalue weighted by Gasteiger charge is 2.47. The lowest BCUT2D eigenvalue weighted by Crippen LogP contribution is -2.48. The molecule has 2 aromatic rings. The van der Waals surface area contributed by atoms with E-state index >= 15 is 0 Å². The molecule has 6 heteroatoms. The molecule has 0 unspecified atom stereocenters. The van der Waals surface area contributed by atoms with Gasteiger partial charge in [-0.3, -0.25) is 9.78 Å². The van der Waals surface area contributed by atoms with Gasteiger partial charge in [-0.15, -0.1) is 0 Å². The summed E-state index contributed by atoms with van der Waals surface area (Å²) in [6, 6.07) is 10.0. The van der Waals surface area contributed by atoms with Gasteiger partial charge in [0.15, 0.2) is 0 Å². The number of pyridine rings is 1. The van der Waals surface area contributed by atoms with Crippen LogP contribution in [0.5, 0.6) is 0 Å². The van der Waals surface area contributed by atoms with Gasteiger partial charge in [0.25, 0.3) is 0 Å². The van der Waals surface area contributed by atoms with Crippen LogP contribution >= 0.6 is 15.9 Å². The van der Waals surface area contributed by atoms with Crippen molar-refractivity contribution in [2.75, 3.05) is 25.1 Å². The van der Waals surface area contributed by atoms with Crippen LogP contribution in [-0.2, 0) is 11.2 Å². The number of nitrogens with zero attached hydrogens (tertiary/aromatic N) is 3. The summed E-state index contributed by atoms with van der Waals surface area (Å²) in [6.45, 7) is 0.822. The van der Waals surface area contributed by atoms with Crippen molar-refractivity contribution in [3.8, 4) is 0 Å². The largest absolute Gasteiger partial charge is 0.394 e. The first-order valence-electron chi connectivity index (χ1n) is 8.91. The van der Waals surface area contributed by atoms with Crippen LogP contribution in [-0.4, -0.2) is 47.1 Å². The van der Waals surface area contributed by atoms with Gasteiger partial charge in [-0.2, -0.15) is 0 Å². The minimum atomic E-state index is 0.0139. The molecule has 0 aliphatic carbocycles. The average molecular weight is 416 g/mol. The normalized spacial score (nSPS) is 24.3. The number of aliphatic hydroxyl groups excluding tert-OH is 1. The smallest absolute Gasteiger partial charge is 0.227 e. The molecule has 136 valence electrons. The van der Waals surface area contributed by atoms with Crippen LogP contribution in [0.25, 0.3) is 0 Å². The van der Waals surface area contributed by atoms with E-state index < -0.39 is 0 Å². The summed E-state index contributed by atoms with van der Waals surface area (Å²) >= 11 is 3.57. The lowest BCUT2D eigenvalue weighted by atomic mass is 9.82. The average Bonchev–Trinajstić information content (AvgIpc) is 3.08. The van der Waals surface area contributed by atoms with Crippen molar-refractivity contribution < 1.29 is 9.90 Å². The zero-order valence-corrected chi connectivity index (χ0v) is 16.3. The number of rotatable bonds is 3. The van der Waals surface area contributed by atoms with Gasteiger partial charge in [-0.05, 0) is 41.8 Å². The number of hydrogen-bond acceptors (Lipinski definition) is 4. The maximum Gasteiger partial charge on any atom is 0.227 e. The van der Waals surface area contributed by atoms with Gasteiger partial charge in [0.1, 0.15) is 0 Å². The highest BCUT2D eigenvalue weighted by atomic mass is 79.9. The van der Waals surface area contributed by atoms with Gasteiger partial charge in [0.05, 0.1) is 25.1 Å². The quantitative estimate of drug-likeness (QED) is 0.836. The number of carbonyl (C=O) groups excluding carboxylic acids is 1. The van der Waals surface area contributed by atoms with Gasteiger partial charge in [-0.1, -0.05) is 22.0 Å². The van der Waals surface area contributed by atoms with Gasteiger partial charge in [0.2, 0.25) is 5.91 Å². The van der Waals surface area contributed by atoms with Crippen LogP contribution in [0.2, 0.25) is 0 Å². The van der Waals surface area contributed by atoms with Crippen molar-refractivity contribution >= 4 is 27.5 Å². The number of carbonyl (C=O) groups is 1. The Kier molecular flexibility index (Phi) is 4.71. The van der Waals surface area contributed by atoms with E-state index in [-0.39, 0.29) is 30.5 Å². The third-order valence-corrected chi connectivity index (χ3v) is 6.20. The lowest BCUT2D eigenvalue weighted by molar-refractivity contribution is -0.132. The number of aromatic nitrogens is 1. The predicted molar refractivity (Wildman–Crippen MR) is 104 cm³/mol. The molecule has 2 aliphatic heterocycles. The van der Waals surface area contributed by atoms with E-state index in [1.165, 1.54) is 0 Å². The number of likely N-dealkylation sites (N-methyl/N-ethyl adjacent to an activating group) is 1. The van der Waals surface area contributed by atoms with E-state index in [9.17, 15) is 9.90 Å². The third-order valence-electron chi connectivity index (χ3n) is 5.71. The first-order valence-corrected chi connectivity index (χ1v) is 9.71. The molecule has 5 nitrogen and oxygen atoms in total. The van der Waals surface area contributed by atoms with Crippen LogP contribution in [0.3, 0.4) is 0 Å². The number of hydrogen-bond donors (Lipinski definition) is 1. The third kappa shape index (κ3) is 2.91. The Balaban J connectivity index is 1.69. The SMILES string of the molecule is CN1c2ccc(Br)cc2[C@@H]2[C@@H](CCN2C(=O)Cc2cccnc2)[C@@H]1CO.